The summed E-state index contributed by atoms with van der Waals surface area (Å²) in [4.78, 5) is 15.5. The molecule has 2 unspecified atom stereocenters. The van der Waals surface area contributed by atoms with Crippen LogP contribution in [0.25, 0.3) is 5.57 Å². The molecule has 3 N–H and O–H groups in total. The molecule has 18 heteroatoms. The Hall–Kier alpha value is -2.94. The zero-order valence-electron chi connectivity index (χ0n) is 25.8. The smallest absolute Gasteiger partial charge is 0.333 e. The second-order valence-corrected chi connectivity index (χ2v) is 15.6. The summed E-state index contributed by atoms with van der Waals surface area (Å²) in [6.07, 6.45) is 4.92. The van der Waals surface area contributed by atoms with Crippen molar-refractivity contribution in [2.45, 2.75) is 56.5 Å². The van der Waals surface area contributed by atoms with Gasteiger partial charge >= 0.3 is 6.55 Å². The van der Waals surface area contributed by atoms with Crippen LogP contribution in [0.2, 0.25) is 5.02 Å². The van der Waals surface area contributed by atoms with E-state index in [1.165, 1.54) is 29.5 Å². The number of aliphatic imine (C=N–C) groups is 1. The topological polar surface area (TPSA) is 138 Å². The third-order valence-corrected chi connectivity index (χ3v) is 11.2. The number of aliphatic hydroxyl groups is 1. The van der Waals surface area contributed by atoms with Gasteiger partial charge in [-0.05, 0) is 50.1 Å². The molecule has 0 bridgehead atoms. The van der Waals surface area contributed by atoms with Crippen molar-refractivity contribution in [2.24, 2.45) is 4.99 Å². The molecule has 49 heavy (non-hydrogen) atoms. The molecule has 4 aromatic rings. The van der Waals surface area contributed by atoms with Crippen LogP contribution in [0.4, 0.5) is 13.2 Å². The van der Waals surface area contributed by atoms with Gasteiger partial charge < -0.3 is 10.0 Å². The molecule has 0 saturated carbocycles. The van der Waals surface area contributed by atoms with Gasteiger partial charge in [-0.25, -0.2) is 14.1 Å². The minimum Gasteiger partial charge on any atom is -0.383 e. The van der Waals surface area contributed by atoms with Gasteiger partial charge in [-0.3, -0.25) is 9.98 Å². The van der Waals surface area contributed by atoms with Crippen LogP contribution in [-0.2, 0) is 15.8 Å². The van der Waals surface area contributed by atoms with Gasteiger partial charge in [-0.15, -0.1) is 11.3 Å². The molecular formula is C31H31ClF3IN8O3S2. The minimum absolute atomic E-state index is 0.0772. The fourth-order valence-corrected chi connectivity index (χ4v) is 9.31. The van der Waals surface area contributed by atoms with E-state index in [9.17, 15) is 26.7 Å². The number of fused-ring (bicyclic) bond motifs is 1. The van der Waals surface area contributed by atoms with E-state index < -0.39 is 46.3 Å². The van der Waals surface area contributed by atoms with Gasteiger partial charge in [-0.2, -0.15) is 31.7 Å². The lowest BCUT2D eigenvalue weighted by Gasteiger charge is -2.32. The SMILES string of the molecule is CC(CC(O)(CCI)c1ccccn1)NS(=O)(=O)N[C@H]1CC2=C(c3ccn(C(F)F)n3)[C@H](c3ccc(F)cc3Cl)N=C(c3nccs3)N2C1. The van der Waals surface area contributed by atoms with Gasteiger partial charge in [0, 0.05) is 75.3 Å². The van der Waals surface area contributed by atoms with Gasteiger partial charge in [0.15, 0.2) is 10.8 Å². The normalized spacial score (nSPS) is 20.0. The first-order valence-corrected chi connectivity index (χ1v) is 19.4. The molecule has 2 aliphatic heterocycles. The van der Waals surface area contributed by atoms with Crippen LogP contribution in [0.15, 0.2) is 77.1 Å². The van der Waals surface area contributed by atoms with Crippen LogP contribution >= 0.6 is 45.5 Å². The summed E-state index contributed by atoms with van der Waals surface area (Å²) in [7, 11) is -4.13. The Balaban J connectivity index is 1.33. The number of nitrogens with zero attached hydrogens (tertiary/aromatic N) is 6. The Labute approximate surface area is 303 Å². The van der Waals surface area contributed by atoms with E-state index in [0.29, 0.717) is 48.9 Å². The number of alkyl halides is 3. The van der Waals surface area contributed by atoms with E-state index in [2.05, 4.69) is 47.1 Å². The maximum absolute atomic E-state index is 14.1. The van der Waals surface area contributed by atoms with Gasteiger partial charge in [-0.1, -0.05) is 46.3 Å². The van der Waals surface area contributed by atoms with Crippen molar-refractivity contribution in [1.29, 1.82) is 0 Å². The highest BCUT2D eigenvalue weighted by atomic mass is 127. The predicted molar refractivity (Wildman–Crippen MR) is 189 cm³/mol. The van der Waals surface area contributed by atoms with E-state index in [1.54, 1.807) is 47.8 Å². The maximum Gasteiger partial charge on any atom is 0.333 e. The molecule has 1 saturated heterocycles. The molecule has 0 radical (unpaired) electrons. The molecule has 0 amide bonds. The van der Waals surface area contributed by atoms with Crippen molar-refractivity contribution in [3.63, 3.8) is 0 Å². The molecule has 2 aliphatic rings. The summed E-state index contributed by atoms with van der Waals surface area (Å²) in [6, 6.07) is 8.26. The highest BCUT2D eigenvalue weighted by Crippen LogP contribution is 2.46. The second kappa shape index (κ2) is 14.7. The van der Waals surface area contributed by atoms with E-state index in [-0.39, 0.29) is 30.1 Å². The molecule has 6 rings (SSSR count). The van der Waals surface area contributed by atoms with Crippen LogP contribution in [0.3, 0.4) is 0 Å². The summed E-state index contributed by atoms with van der Waals surface area (Å²) in [6.45, 7) is -1.09. The number of nitrogens with one attached hydrogen (secondary N) is 2. The van der Waals surface area contributed by atoms with Gasteiger partial charge in [0.25, 0.3) is 10.2 Å². The van der Waals surface area contributed by atoms with Gasteiger partial charge in [0.05, 0.1) is 11.4 Å². The molecule has 5 heterocycles. The fraction of sp³-hybridized carbons (Fsp3) is 0.355. The van der Waals surface area contributed by atoms with E-state index in [0.717, 1.165) is 12.3 Å². The van der Waals surface area contributed by atoms with Crippen molar-refractivity contribution in [3.8, 4) is 0 Å². The van der Waals surface area contributed by atoms with Crippen LogP contribution in [0.1, 0.15) is 60.7 Å². The maximum atomic E-state index is 14.1. The fourth-order valence-electron chi connectivity index (χ4n) is 6.23. The lowest BCUT2D eigenvalue weighted by Crippen LogP contribution is -2.48. The number of hydrogen-bond acceptors (Lipinski definition) is 9. The van der Waals surface area contributed by atoms with Crippen molar-refractivity contribution in [1.82, 2.24) is 34.1 Å². The minimum atomic E-state index is -4.13. The van der Waals surface area contributed by atoms with Crippen molar-refractivity contribution >= 4 is 67.1 Å². The van der Waals surface area contributed by atoms with Crippen LogP contribution < -0.4 is 9.44 Å². The third kappa shape index (κ3) is 7.87. The third-order valence-electron chi connectivity index (χ3n) is 8.20. The Kier molecular flexibility index (Phi) is 10.8. The van der Waals surface area contributed by atoms with Crippen LogP contribution in [0, 0.1) is 5.82 Å². The Morgan fingerprint density at radius 2 is 2.02 bits per heavy atom. The molecular weight excluding hydrogens is 816 g/mol. The van der Waals surface area contributed by atoms with Crippen molar-refractivity contribution < 1.29 is 26.7 Å². The molecule has 1 fully saturated rings. The molecule has 0 spiro atoms. The Morgan fingerprint density at radius 1 is 1.20 bits per heavy atom. The van der Waals surface area contributed by atoms with Gasteiger partial charge in [0.2, 0.25) is 0 Å². The molecule has 11 nitrogen and oxygen atoms in total. The summed E-state index contributed by atoms with van der Waals surface area (Å²) >= 11 is 10.0. The number of pyridine rings is 1. The summed E-state index contributed by atoms with van der Waals surface area (Å²) < 4.78 is 75.0. The molecule has 0 aliphatic carbocycles. The lowest BCUT2D eigenvalue weighted by molar-refractivity contribution is 0.0145. The first kappa shape index (κ1) is 35.9. The second-order valence-electron chi connectivity index (χ2n) is 11.7. The standard InChI is InChI=1S/C31H31ClF3IN8O3S2/c1-18(16-31(45,8-9-36)25-4-2-3-10-37-25)41-49(46,47)42-20-15-24-26(23-7-12-44(40-23)30(34)35)27(21-6-5-19(33)14-22(21)32)39-28(43(24)17-20)29-38-11-13-48-29/h2-7,10-14,18,20,27,30,41-42,45H,8-9,15-17H2,1H3/t18?,20-,27-,31?/m0/s1. The first-order chi connectivity index (χ1) is 23.4. The highest BCUT2D eigenvalue weighted by molar-refractivity contribution is 14.1. The first-order valence-electron chi connectivity index (χ1n) is 15.1. The summed E-state index contributed by atoms with van der Waals surface area (Å²) in [5.74, 6) is -0.133. The number of halogens is 5. The van der Waals surface area contributed by atoms with E-state index >= 15 is 0 Å². The van der Waals surface area contributed by atoms with E-state index in [4.69, 9.17) is 16.6 Å². The molecule has 4 atom stereocenters. The lowest BCUT2D eigenvalue weighted by atomic mass is 9.89. The monoisotopic (exact) mass is 846 g/mol. The zero-order chi connectivity index (χ0) is 34.9. The quantitative estimate of drug-likeness (QED) is 0.114. The molecule has 260 valence electrons. The average Bonchev–Trinajstić information content (AvgIpc) is 3.82. The molecule has 1 aromatic carbocycles. The number of hydrogen-bond donors (Lipinski definition) is 3. The van der Waals surface area contributed by atoms with Crippen molar-refractivity contribution in [3.05, 3.63) is 105 Å². The number of aromatic nitrogens is 4. The van der Waals surface area contributed by atoms with Crippen LogP contribution in [0.5, 0.6) is 0 Å². The number of amidine groups is 1. The Morgan fingerprint density at radius 3 is 2.67 bits per heavy atom. The largest absolute Gasteiger partial charge is 0.383 e. The summed E-state index contributed by atoms with van der Waals surface area (Å²) in [5.41, 5.74) is 0.712. The van der Waals surface area contributed by atoms with Gasteiger partial charge in [0.1, 0.15) is 17.5 Å². The van der Waals surface area contributed by atoms with Crippen molar-refractivity contribution in [2.75, 3.05) is 11.0 Å². The summed E-state index contributed by atoms with van der Waals surface area (Å²) in [5, 5.41) is 18.0. The zero-order valence-corrected chi connectivity index (χ0v) is 30.4. The number of rotatable bonds is 13. The average molecular weight is 847 g/mol. The highest BCUT2D eigenvalue weighted by Gasteiger charge is 2.42. The number of benzene rings is 1. The van der Waals surface area contributed by atoms with E-state index in [1.807, 2.05) is 0 Å². The Bertz CT molecular complexity index is 1970. The van der Waals surface area contributed by atoms with Crippen LogP contribution in [-0.4, -0.2) is 67.1 Å². The number of thiazole rings is 1. The molecule has 3 aromatic heterocycles. The predicted octanol–water partition coefficient (Wildman–Crippen LogP) is 5.82.